The molecular formula is C22H24BrN3O2S. The van der Waals surface area contributed by atoms with Crippen LogP contribution in [0.4, 0.5) is 4.79 Å². The molecule has 0 aliphatic carbocycles. The van der Waals surface area contributed by atoms with Crippen LogP contribution in [-0.4, -0.2) is 32.6 Å². The molecule has 0 radical (unpaired) electrons. The minimum atomic E-state index is -0.887. The number of aromatic amines is 1. The van der Waals surface area contributed by atoms with Crippen LogP contribution in [0, 0.1) is 5.41 Å². The zero-order chi connectivity index (χ0) is 20.8. The smallest absolute Gasteiger partial charge is 0.408 e. The van der Waals surface area contributed by atoms with Crippen LogP contribution in [0.25, 0.3) is 21.7 Å². The molecule has 29 heavy (non-hydrogen) atoms. The molecule has 0 saturated carbocycles. The summed E-state index contributed by atoms with van der Waals surface area (Å²) in [5.41, 5.74) is 2.17. The maximum atomic E-state index is 12.0. The van der Waals surface area contributed by atoms with Crippen molar-refractivity contribution >= 4 is 33.4 Å². The van der Waals surface area contributed by atoms with E-state index in [1.165, 1.54) is 10.4 Å². The van der Waals surface area contributed by atoms with Crippen LogP contribution >= 0.6 is 27.3 Å². The summed E-state index contributed by atoms with van der Waals surface area (Å²) in [6.45, 7) is 6.80. The summed E-state index contributed by atoms with van der Waals surface area (Å²) in [7, 11) is 0. The second-order valence-corrected chi connectivity index (χ2v) is 10.9. The van der Waals surface area contributed by atoms with Gasteiger partial charge in [-0.15, -0.1) is 11.3 Å². The van der Waals surface area contributed by atoms with E-state index in [0.29, 0.717) is 6.54 Å². The van der Waals surface area contributed by atoms with Gasteiger partial charge < -0.3 is 10.1 Å². The average molecular weight is 474 g/mol. The van der Waals surface area contributed by atoms with Crippen molar-refractivity contribution in [1.29, 1.82) is 0 Å². The van der Waals surface area contributed by atoms with Crippen LogP contribution in [-0.2, 0) is 5.54 Å². The fourth-order valence-corrected chi connectivity index (χ4v) is 5.81. The van der Waals surface area contributed by atoms with Crippen molar-refractivity contribution in [2.45, 2.75) is 39.2 Å². The number of rotatable bonds is 3. The Bertz CT molecular complexity index is 1040. The Kier molecular flexibility index (Phi) is 5.07. The first-order valence-electron chi connectivity index (χ1n) is 9.64. The predicted molar refractivity (Wildman–Crippen MR) is 120 cm³/mol. The summed E-state index contributed by atoms with van der Waals surface area (Å²) >= 11 is 5.21. The monoisotopic (exact) mass is 473 g/mol. The standard InChI is InChI=1S/C22H24BrN3O2S/c1-21(2,3)22(11-4-12-26(22)20(27)28)19-24-13-16(25-19)14-5-7-15(8-6-14)17-9-10-18(23)29-17/h5-10,13H,4,11-12H2,1-3H3,(H,24,25)(H,27,28). The molecule has 0 bridgehead atoms. The Labute approximate surface area is 182 Å². The molecule has 152 valence electrons. The SMILES string of the molecule is CC(C)(C)C1(c2ncc(-c3ccc(-c4ccc(Br)s4)cc3)[nH]2)CCCN1C(=O)O. The van der Waals surface area contributed by atoms with Gasteiger partial charge in [-0.3, -0.25) is 4.90 Å². The van der Waals surface area contributed by atoms with Gasteiger partial charge in [0.15, 0.2) is 0 Å². The number of hydrogen-bond acceptors (Lipinski definition) is 3. The Morgan fingerprint density at radius 2 is 1.90 bits per heavy atom. The first-order valence-corrected chi connectivity index (χ1v) is 11.3. The highest BCUT2D eigenvalue weighted by Gasteiger charge is 2.55. The zero-order valence-corrected chi connectivity index (χ0v) is 19.1. The molecule has 2 aromatic heterocycles. The number of thiophene rings is 1. The molecule has 3 aromatic rings. The Morgan fingerprint density at radius 1 is 1.21 bits per heavy atom. The number of amides is 1. The van der Waals surface area contributed by atoms with Crippen molar-refractivity contribution in [2.75, 3.05) is 6.54 Å². The third-order valence-corrected chi connectivity index (χ3v) is 7.55. The van der Waals surface area contributed by atoms with Crippen molar-refractivity contribution in [3.8, 4) is 21.7 Å². The van der Waals surface area contributed by atoms with Crippen LogP contribution in [0.2, 0.25) is 0 Å². The topological polar surface area (TPSA) is 69.2 Å². The van der Waals surface area contributed by atoms with E-state index in [9.17, 15) is 9.90 Å². The van der Waals surface area contributed by atoms with E-state index in [0.717, 1.165) is 33.7 Å². The third kappa shape index (κ3) is 3.40. The number of aromatic nitrogens is 2. The van der Waals surface area contributed by atoms with Crippen molar-refractivity contribution in [3.05, 3.63) is 52.2 Å². The Hall–Kier alpha value is -2.12. The highest BCUT2D eigenvalue weighted by Crippen LogP contribution is 2.50. The number of carbonyl (C=O) groups is 1. The lowest BCUT2D eigenvalue weighted by molar-refractivity contribution is 0.0217. The van der Waals surface area contributed by atoms with Crippen molar-refractivity contribution in [2.24, 2.45) is 5.41 Å². The van der Waals surface area contributed by atoms with Crippen LogP contribution in [0.3, 0.4) is 0 Å². The molecule has 1 saturated heterocycles. The largest absolute Gasteiger partial charge is 0.465 e. The van der Waals surface area contributed by atoms with E-state index in [4.69, 9.17) is 0 Å². The molecular weight excluding hydrogens is 450 g/mol. The second kappa shape index (κ2) is 7.29. The zero-order valence-electron chi connectivity index (χ0n) is 16.7. The summed E-state index contributed by atoms with van der Waals surface area (Å²) in [5.74, 6) is 0.728. The van der Waals surface area contributed by atoms with Crippen molar-refractivity contribution in [3.63, 3.8) is 0 Å². The number of halogens is 1. The number of hydrogen-bond donors (Lipinski definition) is 2. The lowest BCUT2D eigenvalue weighted by Gasteiger charge is -2.45. The van der Waals surface area contributed by atoms with Crippen LogP contribution in [0.1, 0.15) is 39.4 Å². The molecule has 1 aliphatic heterocycles. The van der Waals surface area contributed by atoms with Gasteiger partial charge in [-0.1, -0.05) is 45.0 Å². The van der Waals surface area contributed by atoms with E-state index in [1.807, 2.05) is 6.20 Å². The van der Waals surface area contributed by atoms with E-state index in [1.54, 1.807) is 16.2 Å². The normalized spacial score (nSPS) is 19.7. The molecule has 1 unspecified atom stereocenters. The molecule has 3 heterocycles. The van der Waals surface area contributed by atoms with Gasteiger partial charge in [-0.2, -0.15) is 0 Å². The minimum absolute atomic E-state index is 0.284. The number of H-pyrrole nitrogens is 1. The minimum Gasteiger partial charge on any atom is -0.465 e. The van der Waals surface area contributed by atoms with Gasteiger partial charge in [-0.05, 0) is 57.4 Å². The van der Waals surface area contributed by atoms with Gasteiger partial charge in [0.1, 0.15) is 11.4 Å². The predicted octanol–water partition coefficient (Wildman–Crippen LogP) is 6.58. The number of nitrogens with one attached hydrogen (secondary N) is 1. The summed E-state index contributed by atoms with van der Waals surface area (Å²) < 4.78 is 1.11. The lowest BCUT2D eigenvalue weighted by atomic mass is 9.71. The number of carboxylic acid groups (broad SMARTS) is 1. The maximum absolute atomic E-state index is 12.0. The molecule has 5 nitrogen and oxygen atoms in total. The highest BCUT2D eigenvalue weighted by atomic mass is 79.9. The molecule has 1 amide bonds. The van der Waals surface area contributed by atoms with Crippen molar-refractivity contribution in [1.82, 2.24) is 14.9 Å². The number of imidazole rings is 1. The molecule has 7 heteroatoms. The fourth-order valence-electron chi connectivity index (χ4n) is 4.42. The molecule has 1 fully saturated rings. The average Bonchev–Trinajstić information content (AvgIpc) is 3.40. The van der Waals surface area contributed by atoms with Gasteiger partial charge in [-0.25, -0.2) is 9.78 Å². The Morgan fingerprint density at radius 3 is 2.48 bits per heavy atom. The highest BCUT2D eigenvalue weighted by molar-refractivity contribution is 9.11. The molecule has 2 N–H and O–H groups in total. The van der Waals surface area contributed by atoms with E-state index in [2.05, 4.69) is 83.1 Å². The van der Waals surface area contributed by atoms with Gasteiger partial charge >= 0.3 is 6.09 Å². The van der Waals surface area contributed by atoms with E-state index >= 15 is 0 Å². The van der Waals surface area contributed by atoms with E-state index in [-0.39, 0.29) is 5.41 Å². The molecule has 1 aliphatic rings. The summed E-state index contributed by atoms with van der Waals surface area (Å²) in [4.78, 5) is 22.9. The maximum Gasteiger partial charge on any atom is 0.408 e. The molecule has 4 rings (SSSR count). The summed E-state index contributed by atoms with van der Waals surface area (Å²) in [5, 5.41) is 9.82. The van der Waals surface area contributed by atoms with Gasteiger partial charge in [0, 0.05) is 11.4 Å². The van der Waals surface area contributed by atoms with Gasteiger partial charge in [0.25, 0.3) is 0 Å². The first kappa shape index (κ1) is 20.2. The third-order valence-electron chi connectivity index (χ3n) is 5.87. The fraction of sp³-hybridized carbons (Fsp3) is 0.364. The first-order chi connectivity index (χ1) is 13.7. The van der Waals surface area contributed by atoms with Crippen LogP contribution in [0.5, 0.6) is 0 Å². The van der Waals surface area contributed by atoms with Crippen molar-refractivity contribution < 1.29 is 9.90 Å². The number of benzene rings is 1. The number of likely N-dealkylation sites (tertiary alicyclic amines) is 1. The molecule has 1 aromatic carbocycles. The lowest BCUT2D eigenvalue weighted by Crippen LogP contribution is -2.53. The second-order valence-electron chi connectivity index (χ2n) is 8.47. The van der Waals surface area contributed by atoms with E-state index < -0.39 is 11.6 Å². The van der Waals surface area contributed by atoms with Gasteiger partial charge in [0.05, 0.1) is 15.7 Å². The summed E-state index contributed by atoms with van der Waals surface area (Å²) in [6, 6.07) is 12.5. The number of nitrogens with zero attached hydrogens (tertiary/aromatic N) is 2. The van der Waals surface area contributed by atoms with Crippen LogP contribution < -0.4 is 0 Å². The summed E-state index contributed by atoms with van der Waals surface area (Å²) in [6.07, 6.45) is 2.53. The Balaban J connectivity index is 1.69. The molecule has 0 spiro atoms. The quantitative estimate of drug-likeness (QED) is 0.450. The van der Waals surface area contributed by atoms with Crippen LogP contribution in [0.15, 0.2) is 46.4 Å². The van der Waals surface area contributed by atoms with Gasteiger partial charge in [0.2, 0.25) is 0 Å². The molecule has 1 atom stereocenters.